The Labute approximate surface area is 164 Å². The molecule has 0 bridgehead atoms. The molecule has 2 saturated heterocycles. The number of piperidine rings is 1. The number of likely N-dealkylation sites (tertiary alicyclic amines) is 2. The van der Waals surface area contributed by atoms with Crippen molar-refractivity contribution in [2.24, 2.45) is 0 Å². The molecule has 2 aliphatic heterocycles. The molecular weight excluding hydrogens is 367 g/mol. The average molecular weight is 394 g/mol. The molecule has 0 saturated carbocycles. The maximum Gasteiger partial charge on any atom is 0.410 e. The number of ether oxygens (including phenoxy) is 2. The highest BCUT2D eigenvalue weighted by atomic mass is 19.1. The number of hydrogen-bond acceptors (Lipinski definition) is 6. The zero-order chi connectivity index (χ0) is 20.3. The molecule has 0 aliphatic carbocycles. The lowest BCUT2D eigenvalue weighted by Crippen LogP contribution is -2.53. The van der Waals surface area contributed by atoms with Crippen LogP contribution in [0, 0.1) is 5.82 Å². The highest BCUT2D eigenvalue weighted by molar-refractivity contribution is 5.86. The van der Waals surface area contributed by atoms with E-state index in [0.29, 0.717) is 26.1 Å². The van der Waals surface area contributed by atoms with Crippen molar-refractivity contribution in [3.05, 3.63) is 18.2 Å². The zero-order valence-electron chi connectivity index (χ0n) is 16.6. The fraction of sp³-hybridized carbons (Fsp3) is 0.684. The third-order valence-electron chi connectivity index (χ3n) is 4.72. The normalized spacial score (nSPS) is 22.9. The molecule has 2 aliphatic rings. The molecule has 1 aromatic heterocycles. The number of nitrogens with zero attached hydrogens (tertiary/aromatic N) is 4. The van der Waals surface area contributed by atoms with E-state index in [0.717, 1.165) is 31.7 Å². The van der Waals surface area contributed by atoms with Gasteiger partial charge in [-0.25, -0.2) is 19.2 Å². The van der Waals surface area contributed by atoms with Gasteiger partial charge in [0.1, 0.15) is 17.7 Å². The summed E-state index contributed by atoms with van der Waals surface area (Å²) in [5, 5.41) is 0. The minimum Gasteiger partial charge on any atom is -0.458 e. The van der Waals surface area contributed by atoms with Crippen LogP contribution in [-0.2, 0) is 9.53 Å². The Morgan fingerprint density at radius 3 is 2.50 bits per heavy atom. The Bertz CT molecular complexity index is 707. The summed E-state index contributed by atoms with van der Waals surface area (Å²) in [6.45, 7) is 6.94. The van der Waals surface area contributed by atoms with E-state index in [9.17, 15) is 14.0 Å². The Morgan fingerprint density at radius 2 is 1.82 bits per heavy atom. The zero-order valence-corrected chi connectivity index (χ0v) is 16.6. The van der Waals surface area contributed by atoms with Crippen molar-refractivity contribution in [3.63, 3.8) is 0 Å². The van der Waals surface area contributed by atoms with Crippen molar-refractivity contribution >= 4 is 12.0 Å². The predicted molar refractivity (Wildman–Crippen MR) is 98.2 cm³/mol. The third-order valence-corrected chi connectivity index (χ3v) is 4.72. The second-order valence-corrected chi connectivity index (χ2v) is 8.18. The van der Waals surface area contributed by atoms with Gasteiger partial charge in [0.05, 0.1) is 18.9 Å². The van der Waals surface area contributed by atoms with Gasteiger partial charge in [-0.05, 0) is 46.5 Å². The van der Waals surface area contributed by atoms with Gasteiger partial charge in [-0.3, -0.25) is 9.69 Å². The number of halogens is 1. The summed E-state index contributed by atoms with van der Waals surface area (Å²) in [7, 11) is 0. The van der Waals surface area contributed by atoms with Gasteiger partial charge in [0.15, 0.2) is 5.82 Å². The van der Waals surface area contributed by atoms with Crippen molar-refractivity contribution in [1.82, 2.24) is 19.8 Å². The minimum absolute atomic E-state index is 0.0864. The van der Waals surface area contributed by atoms with Gasteiger partial charge in [0.2, 0.25) is 5.91 Å². The summed E-state index contributed by atoms with van der Waals surface area (Å²) in [5.74, 6) is -0.618. The van der Waals surface area contributed by atoms with E-state index in [4.69, 9.17) is 9.47 Å². The highest BCUT2D eigenvalue weighted by Gasteiger charge is 2.39. The van der Waals surface area contributed by atoms with E-state index in [2.05, 4.69) is 9.97 Å². The molecule has 0 radical (unpaired) electrons. The van der Waals surface area contributed by atoms with Crippen LogP contribution < -0.4 is 4.74 Å². The number of aromatic nitrogens is 2. The van der Waals surface area contributed by atoms with Crippen LogP contribution in [0.25, 0.3) is 0 Å². The van der Waals surface area contributed by atoms with Gasteiger partial charge in [-0.2, -0.15) is 0 Å². The number of carbonyl (C=O) groups is 2. The lowest BCUT2D eigenvalue weighted by molar-refractivity contribution is -0.138. The molecule has 154 valence electrons. The van der Waals surface area contributed by atoms with E-state index < -0.39 is 23.6 Å². The summed E-state index contributed by atoms with van der Waals surface area (Å²) in [5.41, 5.74) is -0.605. The van der Waals surface area contributed by atoms with Crippen molar-refractivity contribution in [1.29, 1.82) is 0 Å². The Hall–Kier alpha value is -2.45. The Balaban J connectivity index is 1.61. The van der Waals surface area contributed by atoms with Gasteiger partial charge >= 0.3 is 12.1 Å². The van der Waals surface area contributed by atoms with Crippen LogP contribution in [0.1, 0.15) is 46.5 Å². The average Bonchev–Trinajstić information content (AvgIpc) is 3.12. The first-order chi connectivity index (χ1) is 13.2. The first-order valence-electron chi connectivity index (χ1n) is 9.65. The second-order valence-electron chi connectivity index (χ2n) is 8.18. The number of amides is 2. The molecular formula is C19H27FN4O4. The Kier molecular flexibility index (Phi) is 6.00. The first-order valence-corrected chi connectivity index (χ1v) is 9.65. The van der Waals surface area contributed by atoms with E-state index >= 15 is 0 Å². The van der Waals surface area contributed by atoms with E-state index in [1.807, 2.05) is 20.8 Å². The molecule has 0 N–H and O–H groups in total. The largest absolute Gasteiger partial charge is 0.458 e. The summed E-state index contributed by atoms with van der Waals surface area (Å²) >= 11 is 0. The van der Waals surface area contributed by atoms with Crippen LogP contribution in [0.4, 0.5) is 9.18 Å². The topological polar surface area (TPSA) is 84.9 Å². The lowest BCUT2D eigenvalue weighted by Gasteiger charge is -2.36. The summed E-state index contributed by atoms with van der Waals surface area (Å²) in [4.78, 5) is 36.4. The first kappa shape index (κ1) is 20.3. The molecule has 0 spiro atoms. The SMILES string of the molecule is CC(C)(C)OC(=O)N1CCCC1C(=O)N1CCCC(Oc2ncc(F)cn2)C1. The fourth-order valence-electron chi connectivity index (χ4n) is 3.52. The smallest absolute Gasteiger partial charge is 0.410 e. The monoisotopic (exact) mass is 394 g/mol. The van der Waals surface area contributed by atoms with Crippen molar-refractivity contribution in [3.8, 4) is 6.01 Å². The maximum absolute atomic E-state index is 13.1. The van der Waals surface area contributed by atoms with Gasteiger partial charge in [-0.1, -0.05) is 0 Å². The molecule has 28 heavy (non-hydrogen) atoms. The molecule has 3 rings (SSSR count). The quantitative estimate of drug-likeness (QED) is 0.783. The van der Waals surface area contributed by atoms with Crippen molar-refractivity contribution in [2.45, 2.75) is 64.2 Å². The molecule has 2 amide bonds. The molecule has 2 unspecified atom stereocenters. The van der Waals surface area contributed by atoms with Crippen LogP contribution in [0.2, 0.25) is 0 Å². The van der Waals surface area contributed by atoms with E-state index in [-0.39, 0.29) is 18.0 Å². The standard InChI is InChI=1S/C19H27FN4O4/c1-19(2,3)28-18(26)24-9-5-7-15(24)16(25)23-8-4-6-14(12-23)27-17-21-10-13(20)11-22-17/h10-11,14-15H,4-9,12H2,1-3H3. The summed E-state index contributed by atoms with van der Waals surface area (Å²) in [6.07, 6.45) is 4.30. The maximum atomic E-state index is 13.1. The second kappa shape index (κ2) is 8.28. The van der Waals surface area contributed by atoms with Gasteiger partial charge in [0, 0.05) is 13.1 Å². The highest BCUT2D eigenvalue weighted by Crippen LogP contribution is 2.24. The molecule has 1 aromatic rings. The van der Waals surface area contributed by atoms with Crippen LogP contribution in [0.5, 0.6) is 6.01 Å². The predicted octanol–water partition coefficient (Wildman–Crippen LogP) is 2.39. The molecule has 3 heterocycles. The van der Waals surface area contributed by atoms with Gasteiger partial charge in [0.25, 0.3) is 0 Å². The van der Waals surface area contributed by atoms with Crippen LogP contribution in [0.3, 0.4) is 0 Å². The molecule has 8 nitrogen and oxygen atoms in total. The van der Waals surface area contributed by atoms with Crippen LogP contribution in [0.15, 0.2) is 12.4 Å². The number of carbonyl (C=O) groups excluding carboxylic acids is 2. The molecule has 0 aromatic carbocycles. The lowest BCUT2D eigenvalue weighted by atomic mass is 10.1. The van der Waals surface area contributed by atoms with E-state index in [1.165, 1.54) is 4.90 Å². The molecule has 2 atom stereocenters. The third kappa shape index (κ3) is 5.08. The molecule has 2 fully saturated rings. The number of hydrogen-bond donors (Lipinski definition) is 0. The summed E-state index contributed by atoms with van der Waals surface area (Å²) in [6, 6.07) is -0.410. The van der Waals surface area contributed by atoms with Crippen LogP contribution >= 0.6 is 0 Å². The summed E-state index contributed by atoms with van der Waals surface area (Å²) < 4.78 is 24.1. The molecule has 9 heteroatoms. The van der Waals surface area contributed by atoms with Crippen LogP contribution in [-0.4, -0.2) is 69.1 Å². The Morgan fingerprint density at radius 1 is 1.14 bits per heavy atom. The number of rotatable bonds is 3. The minimum atomic E-state index is -0.605. The van der Waals surface area contributed by atoms with Gasteiger partial charge < -0.3 is 14.4 Å². The van der Waals surface area contributed by atoms with E-state index in [1.54, 1.807) is 4.90 Å². The van der Waals surface area contributed by atoms with Gasteiger partial charge in [-0.15, -0.1) is 0 Å². The van der Waals surface area contributed by atoms with Crippen molar-refractivity contribution in [2.75, 3.05) is 19.6 Å². The fourth-order valence-corrected chi connectivity index (χ4v) is 3.52. The van der Waals surface area contributed by atoms with Crippen molar-refractivity contribution < 1.29 is 23.5 Å².